The van der Waals surface area contributed by atoms with Gasteiger partial charge in [-0.15, -0.1) is 5.10 Å². The molecule has 1 amide bonds. The molecule has 32 heavy (non-hydrogen) atoms. The molecule has 8 nitrogen and oxygen atoms in total. The van der Waals surface area contributed by atoms with Gasteiger partial charge in [-0.25, -0.2) is 5.84 Å². The molecule has 3 rings (SSSR count). The number of unbranched alkanes of at least 4 members (excludes halogenated alkanes) is 1. The van der Waals surface area contributed by atoms with Crippen LogP contribution in [0.2, 0.25) is 0 Å². The molecule has 1 aliphatic heterocycles. The zero-order valence-corrected chi connectivity index (χ0v) is 18.9. The third-order valence-corrected chi connectivity index (χ3v) is 5.68. The number of carbonyl (C=O) groups is 1. The van der Waals surface area contributed by atoms with Crippen LogP contribution in [0.5, 0.6) is 0 Å². The molecule has 1 aliphatic rings. The summed E-state index contributed by atoms with van der Waals surface area (Å²) < 4.78 is 0. The first-order chi connectivity index (χ1) is 15.5. The van der Waals surface area contributed by atoms with Crippen LogP contribution in [0.3, 0.4) is 0 Å². The maximum atomic E-state index is 12.4. The van der Waals surface area contributed by atoms with Crippen molar-refractivity contribution in [1.29, 1.82) is 0 Å². The number of piperidine rings is 1. The Kier molecular flexibility index (Phi) is 9.01. The van der Waals surface area contributed by atoms with Gasteiger partial charge in [0.25, 0.3) is 0 Å². The van der Waals surface area contributed by atoms with Crippen molar-refractivity contribution >= 4 is 11.7 Å². The minimum atomic E-state index is -0.0449. The zero-order valence-electron chi connectivity index (χ0n) is 18.9. The van der Waals surface area contributed by atoms with Crippen molar-refractivity contribution in [2.24, 2.45) is 11.6 Å². The molecule has 0 saturated carbocycles. The maximum absolute atomic E-state index is 12.4. The lowest BCUT2D eigenvalue weighted by Crippen LogP contribution is -2.38. The Hall–Kier alpha value is -2.97. The molecule has 1 saturated heterocycles. The van der Waals surface area contributed by atoms with Crippen LogP contribution in [0.4, 0.5) is 5.82 Å². The molecule has 2 heterocycles. The van der Waals surface area contributed by atoms with Crippen molar-refractivity contribution < 1.29 is 4.79 Å². The number of carbonyl (C=O) groups excluding carboxylic acids is 1. The van der Waals surface area contributed by atoms with Crippen molar-refractivity contribution in [3.8, 4) is 0 Å². The van der Waals surface area contributed by atoms with Crippen molar-refractivity contribution in [1.82, 2.24) is 20.1 Å². The summed E-state index contributed by atoms with van der Waals surface area (Å²) in [5.41, 5.74) is 8.59. The monoisotopic (exact) mass is 437 g/mol. The first-order valence-electron chi connectivity index (χ1n) is 11.3. The number of anilines is 1. The lowest BCUT2D eigenvalue weighted by Gasteiger charge is -2.31. The normalized spacial score (nSPS) is 15.5. The van der Waals surface area contributed by atoms with Crippen LogP contribution in [0.15, 0.2) is 54.4 Å². The number of hydrazine groups is 1. The van der Waals surface area contributed by atoms with Crippen LogP contribution in [0, 0.1) is 0 Å². The zero-order chi connectivity index (χ0) is 22.8. The van der Waals surface area contributed by atoms with Gasteiger partial charge in [0.15, 0.2) is 5.82 Å². The molecule has 1 aromatic heterocycles. The molecule has 0 unspecified atom stereocenters. The third kappa shape index (κ3) is 7.94. The van der Waals surface area contributed by atoms with E-state index in [1.54, 1.807) is 11.2 Å². The molecule has 0 spiro atoms. The molecular weight excluding hydrogens is 402 g/mol. The Morgan fingerprint density at radius 1 is 1.16 bits per heavy atom. The van der Waals surface area contributed by atoms with E-state index in [1.807, 2.05) is 19.1 Å². The number of nitrogens with zero attached hydrogens (tertiary/aromatic N) is 4. The minimum Gasteiger partial charge on any atom is -0.401 e. The number of likely N-dealkylation sites (tertiary alicyclic amines) is 1. The van der Waals surface area contributed by atoms with Crippen LogP contribution >= 0.6 is 0 Å². The first kappa shape index (κ1) is 23.7. The van der Waals surface area contributed by atoms with Crippen molar-refractivity contribution in [2.75, 3.05) is 31.5 Å². The quantitative estimate of drug-likeness (QED) is 0.297. The van der Waals surface area contributed by atoms with Gasteiger partial charge in [-0.3, -0.25) is 9.69 Å². The number of amides is 1. The number of benzene rings is 1. The Labute approximate surface area is 190 Å². The maximum Gasteiger partial charge on any atom is 0.239 e. The average molecular weight is 438 g/mol. The molecule has 8 heteroatoms. The summed E-state index contributed by atoms with van der Waals surface area (Å²) >= 11 is 0. The number of nitrogens with one attached hydrogen (secondary N) is 1. The smallest absolute Gasteiger partial charge is 0.239 e. The van der Waals surface area contributed by atoms with Gasteiger partial charge in [0.2, 0.25) is 5.91 Å². The lowest BCUT2D eigenvalue weighted by atomic mass is 9.89. The second-order valence-electron chi connectivity index (χ2n) is 8.49. The van der Waals surface area contributed by atoms with E-state index in [9.17, 15) is 4.79 Å². The van der Waals surface area contributed by atoms with E-state index < -0.39 is 0 Å². The highest BCUT2D eigenvalue weighted by Gasteiger charge is 2.22. The predicted octanol–water partition coefficient (Wildman–Crippen LogP) is 2.61. The second kappa shape index (κ2) is 12.2. The summed E-state index contributed by atoms with van der Waals surface area (Å²) in [5, 5.41) is 12.9. The molecule has 0 bridgehead atoms. The van der Waals surface area contributed by atoms with Crippen LogP contribution in [-0.2, 0) is 11.2 Å². The van der Waals surface area contributed by atoms with Crippen molar-refractivity contribution in [3.63, 3.8) is 0 Å². The molecule has 1 fully saturated rings. The van der Waals surface area contributed by atoms with E-state index >= 15 is 0 Å². The Bertz CT molecular complexity index is 858. The topological polar surface area (TPSA) is 113 Å². The van der Waals surface area contributed by atoms with Gasteiger partial charge < -0.3 is 16.1 Å². The summed E-state index contributed by atoms with van der Waals surface area (Å²) in [6, 6.07) is 14.4. The van der Waals surface area contributed by atoms with Gasteiger partial charge in [-0.1, -0.05) is 30.3 Å². The number of nitrogens with two attached hydrogens (primary N) is 2. The van der Waals surface area contributed by atoms with Crippen LogP contribution in [0.25, 0.3) is 0 Å². The van der Waals surface area contributed by atoms with Crippen LogP contribution in [-0.4, -0.2) is 52.2 Å². The number of hydrogen-bond donors (Lipinski definition) is 3. The highest BCUT2D eigenvalue weighted by molar-refractivity contribution is 5.91. The number of allylic oxidation sites excluding steroid dienone is 1. The highest BCUT2D eigenvalue weighted by Crippen LogP contribution is 2.27. The number of hydrogen-bond acceptors (Lipinski definition) is 7. The van der Waals surface area contributed by atoms with Gasteiger partial charge in [-0.2, -0.15) is 5.10 Å². The number of aromatic nitrogens is 2. The predicted molar refractivity (Wildman–Crippen MR) is 127 cm³/mol. The van der Waals surface area contributed by atoms with E-state index in [4.69, 9.17) is 11.6 Å². The molecular formula is C24H35N7O. The van der Waals surface area contributed by atoms with Crippen molar-refractivity contribution in [3.05, 3.63) is 65.6 Å². The first-order valence-corrected chi connectivity index (χ1v) is 11.3. The van der Waals surface area contributed by atoms with E-state index in [1.165, 1.54) is 5.56 Å². The molecule has 0 radical (unpaired) electrons. The fourth-order valence-electron chi connectivity index (χ4n) is 4.02. The summed E-state index contributed by atoms with van der Waals surface area (Å²) in [7, 11) is 0. The Morgan fingerprint density at radius 3 is 2.56 bits per heavy atom. The number of aryl methyl sites for hydroxylation is 1. The summed E-state index contributed by atoms with van der Waals surface area (Å²) in [5.74, 6) is 6.86. The van der Waals surface area contributed by atoms with Gasteiger partial charge in [-0.05, 0) is 75.7 Å². The fraction of sp³-hybridized carbons (Fsp3) is 0.458. The molecule has 0 aliphatic carbocycles. The Morgan fingerprint density at radius 2 is 1.91 bits per heavy atom. The second-order valence-corrected chi connectivity index (χ2v) is 8.49. The summed E-state index contributed by atoms with van der Waals surface area (Å²) in [6.07, 6.45) is 6.58. The third-order valence-electron chi connectivity index (χ3n) is 5.68. The van der Waals surface area contributed by atoms with E-state index in [0.717, 1.165) is 57.4 Å². The number of rotatable bonds is 10. The molecule has 0 atom stereocenters. The lowest BCUT2D eigenvalue weighted by molar-refractivity contribution is -0.117. The summed E-state index contributed by atoms with van der Waals surface area (Å²) in [4.78, 5) is 14.6. The van der Waals surface area contributed by atoms with E-state index in [2.05, 4.69) is 50.7 Å². The largest absolute Gasteiger partial charge is 0.401 e. The fourth-order valence-corrected chi connectivity index (χ4v) is 4.02. The van der Waals surface area contributed by atoms with Gasteiger partial charge in [0.1, 0.15) is 0 Å². The Balaban J connectivity index is 1.34. The molecule has 1 aromatic carbocycles. The summed E-state index contributed by atoms with van der Waals surface area (Å²) in [6.45, 7) is 4.79. The van der Waals surface area contributed by atoms with Gasteiger partial charge >= 0.3 is 0 Å². The SMILES string of the molecule is C/C(N)=C/N(N)CCCCc1ccc(NC(=O)CN2CCC(c3ccccc3)CC2)nn1. The average Bonchev–Trinajstić information content (AvgIpc) is 2.78. The van der Waals surface area contributed by atoms with Gasteiger partial charge in [0, 0.05) is 18.4 Å². The van der Waals surface area contributed by atoms with Crippen molar-refractivity contribution in [2.45, 2.75) is 44.9 Å². The van der Waals surface area contributed by atoms with E-state index in [-0.39, 0.29) is 5.91 Å². The molecule has 5 N–H and O–H groups in total. The minimum absolute atomic E-state index is 0.0449. The molecule has 2 aromatic rings. The van der Waals surface area contributed by atoms with Crippen LogP contribution < -0.4 is 16.9 Å². The van der Waals surface area contributed by atoms with E-state index in [0.29, 0.717) is 24.0 Å². The van der Waals surface area contributed by atoms with Gasteiger partial charge in [0.05, 0.1) is 12.2 Å². The van der Waals surface area contributed by atoms with Crippen LogP contribution in [0.1, 0.15) is 49.8 Å². The highest BCUT2D eigenvalue weighted by atomic mass is 16.2. The molecule has 172 valence electrons. The standard InChI is InChI=1S/C24H35N7O/c1-19(25)17-31(26)14-6-5-9-22-10-11-23(29-28-22)27-24(32)18-30-15-12-21(13-16-30)20-7-3-2-4-8-20/h2-4,7-8,10-11,17,21H,5-6,9,12-16,18,25-26H2,1H3,(H,27,29,32)/b19-17-.